The molecule has 0 aliphatic carbocycles. The van der Waals surface area contributed by atoms with Gasteiger partial charge in [-0.3, -0.25) is 14.4 Å². The Morgan fingerprint density at radius 1 is 0.711 bits per heavy atom. The van der Waals surface area contributed by atoms with Crippen molar-refractivity contribution in [2.45, 2.75) is 17.7 Å². The number of nitrogens with zero attached hydrogens (tertiary/aromatic N) is 1. The highest BCUT2D eigenvalue weighted by Gasteiger charge is 2.40. The van der Waals surface area contributed by atoms with Crippen LogP contribution in [0.3, 0.4) is 0 Å². The summed E-state index contributed by atoms with van der Waals surface area (Å²) in [5, 5.41) is 6.08. The minimum atomic E-state index is -0.419. The van der Waals surface area contributed by atoms with Crippen LogP contribution in [0.4, 0.5) is 17.1 Å². The standard InChI is InChI=1S/C31H25N3O3S/c35-27(20-19-22-11-4-1-5-12-22)32-24-15-10-18-26(21-24)38-29-28(33-23-13-6-2-7-14-23)30(36)34(31(29)37)25-16-8-3-9-17-25/h1-18,21,33H,19-20H2,(H,32,35). The highest BCUT2D eigenvalue weighted by atomic mass is 32.2. The molecule has 38 heavy (non-hydrogen) atoms. The van der Waals surface area contributed by atoms with Crippen LogP contribution in [0.2, 0.25) is 0 Å². The topological polar surface area (TPSA) is 78.5 Å². The Morgan fingerprint density at radius 3 is 2.05 bits per heavy atom. The monoisotopic (exact) mass is 519 g/mol. The number of benzene rings is 4. The number of hydrogen-bond acceptors (Lipinski definition) is 5. The molecule has 188 valence electrons. The maximum absolute atomic E-state index is 13.5. The van der Waals surface area contributed by atoms with Crippen LogP contribution in [-0.2, 0) is 20.8 Å². The summed E-state index contributed by atoms with van der Waals surface area (Å²) in [4.78, 5) is 41.7. The van der Waals surface area contributed by atoms with E-state index in [1.165, 1.54) is 16.7 Å². The van der Waals surface area contributed by atoms with E-state index in [1.54, 1.807) is 36.4 Å². The fraction of sp³-hybridized carbons (Fsp3) is 0.0645. The predicted molar refractivity (Wildman–Crippen MR) is 152 cm³/mol. The van der Waals surface area contributed by atoms with Crippen molar-refractivity contribution < 1.29 is 14.4 Å². The number of para-hydroxylation sites is 2. The van der Waals surface area contributed by atoms with Gasteiger partial charge in [-0.1, -0.05) is 84.6 Å². The molecule has 0 fully saturated rings. The Hall–Kier alpha value is -4.62. The molecule has 0 saturated carbocycles. The summed E-state index contributed by atoms with van der Waals surface area (Å²) in [6, 6.07) is 35.3. The number of imide groups is 1. The summed E-state index contributed by atoms with van der Waals surface area (Å²) in [6.07, 6.45) is 1.01. The minimum Gasteiger partial charge on any atom is -0.350 e. The third-order valence-corrected chi connectivity index (χ3v) is 6.99. The summed E-state index contributed by atoms with van der Waals surface area (Å²) >= 11 is 1.19. The maximum atomic E-state index is 13.5. The van der Waals surface area contributed by atoms with Gasteiger partial charge in [-0.2, -0.15) is 0 Å². The largest absolute Gasteiger partial charge is 0.350 e. The van der Waals surface area contributed by atoms with Gasteiger partial charge < -0.3 is 10.6 Å². The molecule has 0 atom stereocenters. The van der Waals surface area contributed by atoms with E-state index in [9.17, 15) is 14.4 Å². The molecule has 3 amide bonds. The summed E-state index contributed by atoms with van der Waals surface area (Å²) < 4.78 is 0. The molecule has 7 heteroatoms. The van der Waals surface area contributed by atoms with Crippen LogP contribution in [0.1, 0.15) is 12.0 Å². The van der Waals surface area contributed by atoms with Gasteiger partial charge in [0.2, 0.25) is 5.91 Å². The Labute approximate surface area is 225 Å². The van der Waals surface area contributed by atoms with Crippen LogP contribution in [-0.4, -0.2) is 17.7 Å². The van der Waals surface area contributed by atoms with E-state index < -0.39 is 11.8 Å². The second-order valence-corrected chi connectivity index (χ2v) is 9.72. The number of amides is 3. The van der Waals surface area contributed by atoms with Crippen LogP contribution in [0.25, 0.3) is 0 Å². The Balaban J connectivity index is 1.36. The highest BCUT2D eigenvalue weighted by Crippen LogP contribution is 2.38. The van der Waals surface area contributed by atoms with Gasteiger partial charge >= 0.3 is 0 Å². The van der Waals surface area contributed by atoms with Gasteiger partial charge in [0.15, 0.2) is 0 Å². The molecular weight excluding hydrogens is 494 g/mol. The Morgan fingerprint density at radius 2 is 1.34 bits per heavy atom. The van der Waals surface area contributed by atoms with E-state index in [2.05, 4.69) is 10.6 Å². The molecule has 5 rings (SSSR count). The lowest BCUT2D eigenvalue weighted by atomic mass is 10.1. The van der Waals surface area contributed by atoms with Gasteiger partial charge in [-0.15, -0.1) is 0 Å². The lowest BCUT2D eigenvalue weighted by Crippen LogP contribution is -2.32. The molecule has 0 spiro atoms. The first-order valence-electron chi connectivity index (χ1n) is 12.2. The number of aryl methyl sites for hydroxylation is 1. The first kappa shape index (κ1) is 25.0. The SMILES string of the molecule is O=C(CCc1ccccc1)Nc1cccc(SC2=C(Nc3ccccc3)C(=O)N(c3ccccc3)C2=O)c1. The van der Waals surface area contributed by atoms with Crippen LogP contribution in [0.15, 0.2) is 131 Å². The van der Waals surface area contributed by atoms with E-state index in [1.807, 2.05) is 78.9 Å². The molecule has 1 aliphatic heterocycles. The number of nitrogens with one attached hydrogen (secondary N) is 2. The van der Waals surface area contributed by atoms with Crippen molar-refractivity contribution in [1.82, 2.24) is 0 Å². The average Bonchev–Trinajstić information content (AvgIpc) is 3.17. The van der Waals surface area contributed by atoms with Gasteiger partial charge in [-0.05, 0) is 54.4 Å². The van der Waals surface area contributed by atoms with Crippen molar-refractivity contribution in [3.8, 4) is 0 Å². The minimum absolute atomic E-state index is 0.0935. The predicted octanol–water partition coefficient (Wildman–Crippen LogP) is 6.25. The lowest BCUT2D eigenvalue weighted by Gasteiger charge is -2.15. The quantitative estimate of drug-likeness (QED) is 0.256. The first-order chi connectivity index (χ1) is 18.6. The molecule has 0 unspecified atom stereocenters. The summed E-state index contributed by atoms with van der Waals surface area (Å²) in [5.74, 6) is -0.913. The van der Waals surface area contributed by atoms with Crippen LogP contribution >= 0.6 is 11.8 Å². The zero-order valence-electron chi connectivity index (χ0n) is 20.5. The third-order valence-electron chi connectivity index (χ3n) is 5.92. The normalized spacial score (nSPS) is 13.1. The van der Waals surface area contributed by atoms with Crippen molar-refractivity contribution >= 4 is 46.5 Å². The highest BCUT2D eigenvalue weighted by molar-refractivity contribution is 8.04. The molecule has 4 aromatic carbocycles. The Bertz CT molecular complexity index is 1490. The van der Waals surface area contributed by atoms with Gasteiger partial charge in [0.1, 0.15) is 10.6 Å². The smallest absolute Gasteiger partial charge is 0.283 e. The first-order valence-corrected chi connectivity index (χ1v) is 13.0. The molecular formula is C31H25N3O3S. The molecule has 0 bridgehead atoms. The van der Waals surface area contributed by atoms with E-state index in [0.29, 0.717) is 29.9 Å². The number of anilines is 3. The molecule has 2 N–H and O–H groups in total. The number of carbonyl (C=O) groups is 3. The van der Waals surface area contributed by atoms with Crippen molar-refractivity contribution in [2.24, 2.45) is 0 Å². The zero-order valence-corrected chi connectivity index (χ0v) is 21.3. The molecule has 1 aliphatic rings. The lowest BCUT2D eigenvalue weighted by molar-refractivity contribution is -0.120. The van der Waals surface area contributed by atoms with Gasteiger partial charge in [0, 0.05) is 22.7 Å². The molecule has 4 aromatic rings. The molecule has 1 heterocycles. The van der Waals surface area contributed by atoms with E-state index in [4.69, 9.17) is 0 Å². The molecule has 0 aromatic heterocycles. The molecule has 0 saturated heterocycles. The average molecular weight is 520 g/mol. The fourth-order valence-electron chi connectivity index (χ4n) is 4.07. The fourth-order valence-corrected chi connectivity index (χ4v) is 5.06. The molecule has 6 nitrogen and oxygen atoms in total. The summed E-state index contributed by atoms with van der Waals surface area (Å²) in [7, 11) is 0. The summed E-state index contributed by atoms with van der Waals surface area (Å²) in [6.45, 7) is 0. The number of rotatable bonds is 9. The zero-order chi connectivity index (χ0) is 26.3. The number of thioether (sulfide) groups is 1. The van der Waals surface area contributed by atoms with Crippen molar-refractivity contribution in [3.05, 3.63) is 131 Å². The summed E-state index contributed by atoms with van der Waals surface area (Å²) in [5.41, 5.74) is 3.15. The maximum Gasteiger partial charge on any atom is 0.283 e. The van der Waals surface area contributed by atoms with Gasteiger partial charge in [-0.25, -0.2) is 4.90 Å². The third kappa shape index (κ3) is 5.85. The van der Waals surface area contributed by atoms with Crippen molar-refractivity contribution in [2.75, 3.05) is 15.5 Å². The van der Waals surface area contributed by atoms with E-state index in [0.717, 1.165) is 10.5 Å². The van der Waals surface area contributed by atoms with Gasteiger partial charge in [0.05, 0.1) is 5.69 Å². The van der Waals surface area contributed by atoms with E-state index in [-0.39, 0.29) is 16.5 Å². The van der Waals surface area contributed by atoms with Crippen molar-refractivity contribution in [3.63, 3.8) is 0 Å². The van der Waals surface area contributed by atoms with Crippen molar-refractivity contribution in [1.29, 1.82) is 0 Å². The van der Waals surface area contributed by atoms with E-state index >= 15 is 0 Å². The van der Waals surface area contributed by atoms with Crippen LogP contribution < -0.4 is 15.5 Å². The van der Waals surface area contributed by atoms with Crippen LogP contribution in [0, 0.1) is 0 Å². The van der Waals surface area contributed by atoms with Gasteiger partial charge in [0.25, 0.3) is 11.8 Å². The molecule has 0 radical (unpaired) electrons. The number of hydrogen-bond donors (Lipinski definition) is 2. The van der Waals surface area contributed by atoms with Crippen LogP contribution in [0.5, 0.6) is 0 Å². The second-order valence-electron chi connectivity index (χ2n) is 8.64. The Kier molecular flexibility index (Phi) is 7.66. The number of carbonyl (C=O) groups excluding carboxylic acids is 3. The second kappa shape index (κ2) is 11.6.